The highest BCUT2D eigenvalue weighted by molar-refractivity contribution is 7.08. The van der Waals surface area contributed by atoms with Gasteiger partial charge in [-0.2, -0.15) is 11.3 Å². The maximum atomic E-state index is 11.8. The number of carbonyl (C=O) groups is 2. The lowest BCUT2D eigenvalue weighted by Crippen LogP contribution is -2.14. The predicted molar refractivity (Wildman–Crippen MR) is 64.4 cm³/mol. The van der Waals surface area contributed by atoms with Gasteiger partial charge in [0.1, 0.15) is 0 Å². The summed E-state index contributed by atoms with van der Waals surface area (Å²) in [6.07, 6.45) is 0. The van der Waals surface area contributed by atoms with E-state index in [0.29, 0.717) is 10.6 Å². The predicted octanol–water partition coefficient (Wildman–Crippen LogP) is 3.47. The monoisotopic (exact) mass is 250 g/mol. The number of thiophene rings is 1. The molecule has 0 saturated heterocycles. The highest BCUT2D eigenvalue weighted by Gasteiger charge is 2.20. The van der Waals surface area contributed by atoms with Gasteiger partial charge in [-0.3, -0.25) is 9.59 Å². The minimum atomic E-state index is -0.566. The van der Waals surface area contributed by atoms with Crippen molar-refractivity contribution in [2.75, 3.05) is 0 Å². The van der Waals surface area contributed by atoms with E-state index in [1.165, 1.54) is 11.3 Å². The minimum Gasteiger partial charge on any atom is -0.285 e. The van der Waals surface area contributed by atoms with Gasteiger partial charge in [0, 0.05) is 16.5 Å². The van der Waals surface area contributed by atoms with Crippen molar-refractivity contribution < 1.29 is 9.59 Å². The van der Waals surface area contributed by atoms with Crippen LogP contribution in [0.4, 0.5) is 0 Å². The lowest BCUT2D eigenvalue weighted by atomic mass is 10.0. The molecule has 1 heterocycles. The molecule has 0 atom stereocenters. The summed E-state index contributed by atoms with van der Waals surface area (Å²) >= 11 is 7.23. The first-order valence-corrected chi connectivity index (χ1v) is 5.88. The molecule has 2 nitrogen and oxygen atoms in total. The third kappa shape index (κ3) is 2.05. The van der Waals surface area contributed by atoms with Crippen LogP contribution in [-0.4, -0.2) is 11.6 Å². The van der Waals surface area contributed by atoms with E-state index in [0.717, 1.165) is 0 Å². The summed E-state index contributed by atoms with van der Waals surface area (Å²) in [5, 5.41) is 3.71. The first-order valence-electron chi connectivity index (χ1n) is 4.56. The van der Waals surface area contributed by atoms with E-state index < -0.39 is 11.6 Å². The number of Topliss-reactive ketones (excluding diaryl/α,β-unsaturated/α-hetero) is 2. The van der Waals surface area contributed by atoms with Gasteiger partial charge in [0.05, 0.1) is 5.02 Å². The van der Waals surface area contributed by atoms with Gasteiger partial charge in [0.15, 0.2) is 0 Å². The lowest BCUT2D eigenvalue weighted by Gasteiger charge is -2.00. The second-order valence-electron chi connectivity index (χ2n) is 3.15. The van der Waals surface area contributed by atoms with E-state index in [2.05, 4.69) is 0 Å². The number of rotatable bonds is 3. The number of ketones is 2. The maximum absolute atomic E-state index is 11.8. The Balaban J connectivity index is 2.34. The molecule has 1 aromatic heterocycles. The fourth-order valence-corrected chi connectivity index (χ4v) is 2.15. The van der Waals surface area contributed by atoms with E-state index in [1.807, 2.05) is 0 Å². The number of carbonyl (C=O) groups excluding carboxylic acids is 2. The van der Waals surface area contributed by atoms with E-state index in [9.17, 15) is 9.59 Å². The second-order valence-corrected chi connectivity index (χ2v) is 4.34. The maximum Gasteiger partial charge on any atom is 0.235 e. The van der Waals surface area contributed by atoms with Crippen LogP contribution in [0.3, 0.4) is 0 Å². The number of halogens is 1. The molecule has 1 aromatic carbocycles. The van der Waals surface area contributed by atoms with Crippen molar-refractivity contribution in [1.29, 1.82) is 0 Å². The molecule has 0 radical (unpaired) electrons. The molecule has 16 heavy (non-hydrogen) atoms. The molecule has 4 heteroatoms. The van der Waals surface area contributed by atoms with Gasteiger partial charge in [-0.05, 0) is 23.6 Å². The van der Waals surface area contributed by atoms with Crippen molar-refractivity contribution in [3.8, 4) is 0 Å². The highest BCUT2D eigenvalue weighted by Crippen LogP contribution is 2.18. The minimum absolute atomic E-state index is 0.250. The first kappa shape index (κ1) is 11.0. The molecule has 0 fully saturated rings. The van der Waals surface area contributed by atoms with Gasteiger partial charge >= 0.3 is 0 Å². The summed E-state index contributed by atoms with van der Waals surface area (Å²) in [6.45, 7) is 0. The summed E-state index contributed by atoms with van der Waals surface area (Å²) < 4.78 is 0. The Labute approximate surface area is 101 Å². The van der Waals surface area contributed by atoms with E-state index >= 15 is 0 Å². The van der Waals surface area contributed by atoms with Crippen LogP contribution in [-0.2, 0) is 0 Å². The summed E-state index contributed by atoms with van der Waals surface area (Å²) in [5.41, 5.74) is 0.662. The van der Waals surface area contributed by atoms with Crippen molar-refractivity contribution in [3.63, 3.8) is 0 Å². The molecule has 2 rings (SSSR count). The smallest absolute Gasteiger partial charge is 0.235 e. The van der Waals surface area contributed by atoms with Crippen molar-refractivity contribution in [2.45, 2.75) is 0 Å². The molecule has 0 amide bonds. The van der Waals surface area contributed by atoms with Crippen molar-refractivity contribution in [3.05, 3.63) is 57.2 Å². The Morgan fingerprint density at radius 1 is 1.06 bits per heavy atom. The van der Waals surface area contributed by atoms with Crippen LogP contribution in [0.1, 0.15) is 20.7 Å². The number of benzene rings is 1. The van der Waals surface area contributed by atoms with Crippen molar-refractivity contribution in [2.24, 2.45) is 0 Å². The van der Waals surface area contributed by atoms with Crippen LogP contribution < -0.4 is 0 Å². The molecule has 0 aliphatic heterocycles. The molecule has 0 saturated carbocycles. The molecule has 0 aliphatic carbocycles. The standard InChI is InChI=1S/C12H7ClO2S/c13-10-4-2-1-3-9(10)12(15)11(14)8-5-6-16-7-8/h1-7H. The summed E-state index contributed by atoms with van der Waals surface area (Å²) in [6, 6.07) is 8.17. The fraction of sp³-hybridized carbons (Fsp3) is 0. The van der Waals surface area contributed by atoms with E-state index in [-0.39, 0.29) is 5.56 Å². The van der Waals surface area contributed by atoms with Gasteiger partial charge in [0.25, 0.3) is 0 Å². The van der Waals surface area contributed by atoms with Crippen LogP contribution in [0.15, 0.2) is 41.1 Å². The highest BCUT2D eigenvalue weighted by atomic mass is 35.5. The van der Waals surface area contributed by atoms with Crippen LogP contribution >= 0.6 is 22.9 Å². The van der Waals surface area contributed by atoms with E-state index in [1.54, 1.807) is 41.1 Å². The Morgan fingerprint density at radius 3 is 2.44 bits per heavy atom. The number of hydrogen-bond acceptors (Lipinski definition) is 3. The first-order chi connectivity index (χ1) is 7.70. The molecule has 0 N–H and O–H groups in total. The fourth-order valence-electron chi connectivity index (χ4n) is 1.29. The summed E-state index contributed by atoms with van der Waals surface area (Å²) in [4.78, 5) is 23.6. The Kier molecular flexibility index (Phi) is 3.17. The van der Waals surface area contributed by atoms with E-state index in [4.69, 9.17) is 11.6 Å². The molecular formula is C12H7ClO2S. The molecule has 0 spiro atoms. The Hall–Kier alpha value is -1.45. The summed E-state index contributed by atoms with van der Waals surface area (Å²) in [5.74, 6) is -1.08. The third-order valence-electron chi connectivity index (χ3n) is 2.11. The zero-order valence-corrected chi connectivity index (χ0v) is 9.72. The van der Waals surface area contributed by atoms with Gasteiger partial charge in [-0.1, -0.05) is 23.7 Å². The quantitative estimate of drug-likeness (QED) is 0.618. The van der Waals surface area contributed by atoms with Crippen molar-refractivity contribution >= 4 is 34.5 Å². The number of hydrogen-bond donors (Lipinski definition) is 0. The van der Waals surface area contributed by atoms with Gasteiger partial charge < -0.3 is 0 Å². The molecule has 0 bridgehead atoms. The molecular weight excluding hydrogens is 244 g/mol. The molecule has 0 unspecified atom stereocenters. The normalized spacial score (nSPS) is 10.1. The molecule has 80 valence electrons. The molecule has 2 aromatic rings. The van der Waals surface area contributed by atoms with Crippen LogP contribution in [0.2, 0.25) is 5.02 Å². The summed E-state index contributed by atoms with van der Waals surface area (Å²) in [7, 11) is 0. The Bertz CT molecular complexity index is 532. The lowest BCUT2D eigenvalue weighted by molar-refractivity contribution is 0.0817. The van der Waals surface area contributed by atoms with Crippen LogP contribution in [0.5, 0.6) is 0 Å². The van der Waals surface area contributed by atoms with Gasteiger partial charge in [-0.15, -0.1) is 0 Å². The SMILES string of the molecule is O=C(C(=O)c1ccccc1Cl)c1ccsc1. The van der Waals surface area contributed by atoms with Gasteiger partial charge in [-0.25, -0.2) is 0 Å². The second kappa shape index (κ2) is 4.60. The van der Waals surface area contributed by atoms with Crippen LogP contribution in [0.25, 0.3) is 0 Å². The average molecular weight is 251 g/mol. The van der Waals surface area contributed by atoms with Gasteiger partial charge in [0.2, 0.25) is 11.6 Å². The largest absolute Gasteiger partial charge is 0.285 e. The molecule has 0 aliphatic rings. The zero-order valence-electron chi connectivity index (χ0n) is 8.14. The van der Waals surface area contributed by atoms with Crippen LogP contribution in [0, 0.1) is 0 Å². The average Bonchev–Trinajstić information content (AvgIpc) is 2.81. The topological polar surface area (TPSA) is 34.1 Å². The third-order valence-corrected chi connectivity index (χ3v) is 3.12. The zero-order chi connectivity index (χ0) is 11.5. The Morgan fingerprint density at radius 2 is 1.81 bits per heavy atom. The van der Waals surface area contributed by atoms with Crippen molar-refractivity contribution in [1.82, 2.24) is 0 Å².